The Bertz CT molecular complexity index is 561. The maximum Gasteiger partial charge on any atom is 0.326 e. The third-order valence-electron chi connectivity index (χ3n) is 5.19. The summed E-state index contributed by atoms with van der Waals surface area (Å²) in [4.78, 5) is 49.1. The molecule has 0 aromatic heterocycles. The van der Waals surface area contributed by atoms with Gasteiger partial charge in [0.05, 0.1) is 24.0 Å². The van der Waals surface area contributed by atoms with Crippen LogP contribution in [0.15, 0.2) is 0 Å². The van der Waals surface area contributed by atoms with E-state index in [4.69, 9.17) is 9.84 Å². The lowest BCUT2D eigenvalue weighted by molar-refractivity contribution is -0.145. The van der Waals surface area contributed by atoms with Gasteiger partial charge in [-0.05, 0) is 18.8 Å². The Labute approximate surface area is 139 Å². The van der Waals surface area contributed by atoms with Crippen LogP contribution in [0.25, 0.3) is 0 Å². The van der Waals surface area contributed by atoms with Gasteiger partial charge in [0.1, 0.15) is 6.04 Å². The Morgan fingerprint density at radius 1 is 1.21 bits per heavy atom. The van der Waals surface area contributed by atoms with Crippen molar-refractivity contribution in [1.29, 1.82) is 0 Å². The SMILES string of the molecule is CC(C)[C@@H](NC(=O)CCN1C(=O)C2C3CCC(O3)C2C1=O)C(=O)O. The Morgan fingerprint density at radius 2 is 1.75 bits per heavy atom. The van der Waals surface area contributed by atoms with Gasteiger partial charge in [-0.3, -0.25) is 19.3 Å². The standard InChI is InChI=1S/C16H22N2O6/c1-7(2)13(16(22)23)17-10(19)5-6-18-14(20)11-8-3-4-9(24-8)12(11)15(18)21/h7-9,11-13H,3-6H2,1-2H3,(H,17,19)(H,22,23)/t8?,9?,11?,12?,13-/m1/s1. The van der Waals surface area contributed by atoms with E-state index < -0.39 is 29.8 Å². The van der Waals surface area contributed by atoms with Crippen LogP contribution in [0.5, 0.6) is 0 Å². The van der Waals surface area contributed by atoms with E-state index in [0.29, 0.717) is 0 Å². The summed E-state index contributed by atoms with van der Waals surface area (Å²) in [6.45, 7) is 3.38. The molecule has 2 N–H and O–H groups in total. The topological polar surface area (TPSA) is 113 Å². The lowest BCUT2D eigenvalue weighted by atomic mass is 9.81. The Kier molecular flexibility index (Phi) is 4.33. The average Bonchev–Trinajstić information content (AvgIpc) is 3.17. The van der Waals surface area contributed by atoms with Crippen LogP contribution in [0.1, 0.15) is 33.1 Å². The van der Waals surface area contributed by atoms with Crippen molar-refractivity contribution < 1.29 is 29.0 Å². The number of likely N-dealkylation sites (tertiary alicyclic amines) is 1. The van der Waals surface area contributed by atoms with Gasteiger partial charge in [-0.1, -0.05) is 13.8 Å². The van der Waals surface area contributed by atoms with Crippen LogP contribution in [-0.4, -0.2) is 58.5 Å². The molecular formula is C16H22N2O6. The molecule has 3 amide bonds. The number of carbonyl (C=O) groups excluding carboxylic acids is 3. The maximum atomic E-state index is 12.4. The molecule has 3 rings (SSSR count). The molecule has 132 valence electrons. The van der Waals surface area contributed by atoms with Crippen molar-refractivity contribution in [2.24, 2.45) is 17.8 Å². The van der Waals surface area contributed by atoms with Crippen LogP contribution in [0.3, 0.4) is 0 Å². The van der Waals surface area contributed by atoms with Crippen molar-refractivity contribution in [3.63, 3.8) is 0 Å². The Balaban J connectivity index is 1.57. The zero-order valence-corrected chi connectivity index (χ0v) is 13.7. The fourth-order valence-corrected chi connectivity index (χ4v) is 3.97. The molecule has 0 radical (unpaired) electrons. The van der Waals surface area contributed by atoms with Gasteiger partial charge < -0.3 is 15.2 Å². The highest BCUT2D eigenvalue weighted by atomic mass is 16.5. The summed E-state index contributed by atoms with van der Waals surface area (Å²) in [5, 5.41) is 11.5. The second kappa shape index (κ2) is 6.16. The smallest absolute Gasteiger partial charge is 0.326 e. The minimum absolute atomic E-state index is 0.0135. The first-order chi connectivity index (χ1) is 11.3. The number of hydrogen-bond donors (Lipinski definition) is 2. The third kappa shape index (κ3) is 2.68. The number of carboxylic acid groups (broad SMARTS) is 1. The molecule has 0 aromatic rings. The van der Waals surface area contributed by atoms with Crippen LogP contribution in [0, 0.1) is 17.8 Å². The van der Waals surface area contributed by atoms with Crippen LogP contribution in [0.4, 0.5) is 0 Å². The van der Waals surface area contributed by atoms with Crippen molar-refractivity contribution in [3.05, 3.63) is 0 Å². The molecule has 2 bridgehead atoms. The van der Waals surface area contributed by atoms with Crippen LogP contribution < -0.4 is 5.32 Å². The zero-order chi connectivity index (χ0) is 17.6. The van der Waals surface area contributed by atoms with Crippen molar-refractivity contribution in [1.82, 2.24) is 10.2 Å². The van der Waals surface area contributed by atoms with E-state index in [-0.39, 0.29) is 42.9 Å². The summed E-state index contributed by atoms with van der Waals surface area (Å²) in [5.74, 6) is -3.16. The van der Waals surface area contributed by atoms with E-state index in [1.165, 1.54) is 0 Å². The molecule has 3 heterocycles. The molecule has 24 heavy (non-hydrogen) atoms. The predicted molar refractivity (Wildman–Crippen MR) is 80.6 cm³/mol. The summed E-state index contributed by atoms with van der Waals surface area (Å²) in [6.07, 6.45) is 1.16. The number of carboxylic acids is 1. The Morgan fingerprint density at radius 3 is 2.21 bits per heavy atom. The highest BCUT2D eigenvalue weighted by molar-refractivity contribution is 6.06. The van der Waals surface area contributed by atoms with E-state index in [1.54, 1.807) is 13.8 Å². The number of nitrogens with zero attached hydrogens (tertiary/aromatic N) is 1. The minimum Gasteiger partial charge on any atom is -0.480 e. The monoisotopic (exact) mass is 338 g/mol. The first-order valence-electron chi connectivity index (χ1n) is 8.34. The molecule has 3 aliphatic rings. The molecule has 3 saturated heterocycles. The van der Waals surface area contributed by atoms with E-state index >= 15 is 0 Å². The van der Waals surface area contributed by atoms with Gasteiger partial charge in [-0.2, -0.15) is 0 Å². The maximum absolute atomic E-state index is 12.4. The van der Waals surface area contributed by atoms with E-state index in [9.17, 15) is 19.2 Å². The molecule has 4 unspecified atom stereocenters. The molecule has 0 spiro atoms. The summed E-state index contributed by atoms with van der Waals surface area (Å²) >= 11 is 0. The van der Waals surface area contributed by atoms with Gasteiger partial charge in [0.25, 0.3) is 0 Å². The number of ether oxygens (including phenoxy) is 1. The molecule has 0 saturated carbocycles. The number of imide groups is 1. The molecule has 5 atom stereocenters. The largest absolute Gasteiger partial charge is 0.480 e. The van der Waals surface area contributed by atoms with Gasteiger partial charge in [0.2, 0.25) is 17.7 Å². The second-order valence-corrected chi connectivity index (χ2v) is 7.05. The number of aliphatic carboxylic acids is 1. The quantitative estimate of drug-likeness (QED) is 0.647. The van der Waals surface area contributed by atoms with E-state index in [1.807, 2.05) is 0 Å². The second-order valence-electron chi connectivity index (χ2n) is 7.05. The molecule has 8 nitrogen and oxygen atoms in total. The van der Waals surface area contributed by atoms with Crippen molar-refractivity contribution in [3.8, 4) is 0 Å². The van der Waals surface area contributed by atoms with Crippen LogP contribution >= 0.6 is 0 Å². The minimum atomic E-state index is -1.10. The first-order valence-corrected chi connectivity index (χ1v) is 8.34. The fourth-order valence-electron chi connectivity index (χ4n) is 3.97. The lowest BCUT2D eigenvalue weighted by Crippen LogP contribution is -2.45. The van der Waals surface area contributed by atoms with Gasteiger partial charge in [-0.25, -0.2) is 4.79 Å². The lowest BCUT2D eigenvalue weighted by Gasteiger charge is -2.20. The van der Waals surface area contributed by atoms with Gasteiger partial charge in [-0.15, -0.1) is 0 Å². The van der Waals surface area contributed by atoms with Crippen molar-refractivity contribution in [2.75, 3.05) is 6.54 Å². The summed E-state index contributed by atoms with van der Waals surface area (Å²) in [7, 11) is 0. The molecule has 8 heteroatoms. The number of fused-ring (bicyclic) bond motifs is 5. The van der Waals surface area contributed by atoms with Crippen molar-refractivity contribution in [2.45, 2.75) is 51.4 Å². The zero-order valence-electron chi connectivity index (χ0n) is 13.7. The molecular weight excluding hydrogens is 316 g/mol. The molecule has 3 fully saturated rings. The highest BCUT2D eigenvalue weighted by Crippen LogP contribution is 2.48. The third-order valence-corrected chi connectivity index (χ3v) is 5.19. The molecule has 0 aromatic carbocycles. The number of rotatable bonds is 6. The van der Waals surface area contributed by atoms with Crippen molar-refractivity contribution >= 4 is 23.7 Å². The average molecular weight is 338 g/mol. The summed E-state index contributed by atoms with van der Waals surface area (Å²) < 4.78 is 5.65. The molecule has 3 aliphatic heterocycles. The van der Waals surface area contributed by atoms with E-state index in [2.05, 4.69) is 5.32 Å². The highest BCUT2D eigenvalue weighted by Gasteiger charge is 2.62. The number of nitrogens with one attached hydrogen (secondary N) is 1. The Hall–Kier alpha value is -1.96. The van der Waals surface area contributed by atoms with E-state index in [0.717, 1.165) is 17.7 Å². The number of carbonyl (C=O) groups is 4. The predicted octanol–water partition coefficient (Wildman–Crippen LogP) is -0.236. The molecule has 0 aliphatic carbocycles. The van der Waals surface area contributed by atoms with Crippen LogP contribution in [-0.2, 0) is 23.9 Å². The number of amides is 3. The normalized spacial score (nSPS) is 32.4. The van der Waals surface area contributed by atoms with Crippen LogP contribution in [0.2, 0.25) is 0 Å². The first kappa shape index (κ1) is 16.9. The summed E-state index contributed by atoms with van der Waals surface area (Å²) in [6, 6.07) is -0.980. The fraction of sp³-hybridized carbons (Fsp3) is 0.750. The van der Waals surface area contributed by atoms with Gasteiger partial charge in [0.15, 0.2) is 0 Å². The summed E-state index contributed by atoms with van der Waals surface area (Å²) in [5.41, 5.74) is 0. The van der Waals surface area contributed by atoms with Gasteiger partial charge in [0, 0.05) is 13.0 Å². The number of hydrogen-bond acceptors (Lipinski definition) is 5. The van der Waals surface area contributed by atoms with Gasteiger partial charge >= 0.3 is 5.97 Å².